The first-order valence-corrected chi connectivity index (χ1v) is 14.2. The van der Waals surface area contributed by atoms with Gasteiger partial charge in [-0.25, -0.2) is 0 Å². The van der Waals surface area contributed by atoms with Crippen molar-refractivity contribution in [2.24, 2.45) is 0 Å². The molecule has 6 rings (SSSR count). The van der Waals surface area contributed by atoms with E-state index in [0.29, 0.717) is 52.4 Å². The van der Waals surface area contributed by atoms with Crippen LogP contribution in [0.15, 0.2) is 81.3 Å². The van der Waals surface area contributed by atoms with Crippen molar-refractivity contribution < 1.29 is 32.8 Å². The molecule has 0 bridgehead atoms. The van der Waals surface area contributed by atoms with Gasteiger partial charge in [0.2, 0.25) is 17.5 Å². The molecular weight excluding hydrogens is 554 g/mol. The van der Waals surface area contributed by atoms with E-state index in [1.54, 1.807) is 70.2 Å². The molecule has 12 heteroatoms. The van der Waals surface area contributed by atoms with Gasteiger partial charge < -0.3 is 28.9 Å². The van der Waals surface area contributed by atoms with Crippen LogP contribution in [-0.2, 0) is 4.79 Å². The van der Waals surface area contributed by atoms with Gasteiger partial charge in [-0.1, -0.05) is 24.3 Å². The van der Waals surface area contributed by atoms with Gasteiger partial charge in [0.15, 0.2) is 11.5 Å². The average molecular weight is 586 g/mol. The molecule has 1 atom stereocenters. The number of carbonyl (C=O) groups excluding carboxylic acids is 5. The molecule has 1 aromatic carbocycles. The van der Waals surface area contributed by atoms with E-state index >= 15 is 0 Å². The van der Waals surface area contributed by atoms with Crippen LogP contribution in [-0.4, -0.2) is 107 Å². The second-order valence-electron chi connectivity index (χ2n) is 10.7. The van der Waals surface area contributed by atoms with Crippen LogP contribution in [0.25, 0.3) is 0 Å². The van der Waals surface area contributed by atoms with Gasteiger partial charge in [0, 0.05) is 63.5 Å². The van der Waals surface area contributed by atoms with E-state index in [1.165, 1.54) is 12.5 Å². The van der Waals surface area contributed by atoms with Crippen molar-refractivity contribution in [2.45, 2.75) is 13.0 Å². The summed E-state index contributed by atoms with van der Waals surface area (Å²) in [6, 6.07) is 12.5. The Hall–Kier alpha value is -4.97. The van der Waals surface area contributed by atoms with Gasteiger partial charge in [-0.3, -0.25) is 28.9 Å². The van der Waals surface area contributed by atoms with Crippen molar-refractivity contribution in [1.82, 2.24) is 24.9 Å². The van der Waals surface area contributed by atoms with Gasteiger partial charge in [-0.05, 0) is 31.2 Å². The standard InChI is InChI=1S/C31H31N5O7/c1-20(33-10-14-35(15-11-33)30(40)23-8-4-18-42-23)29(39)32-25-26(28(38)22-7-3-2-6-21(22)27(25)37)34-12-16-36(17-13-34)31(41)24-9-5-19-43-24/h2-9,18-20H,10-17H2,1H3,(H,32,39). The predicted molar refractivity (Wildman–Crippen MR) is 152 cm³/mol. The van der Waals surface area contributed by atoms with Crippen LogP contribution in [0, 0.1) is 0 Å². The highest BCUT2D eigenvalue weighted by atomic mass is 16.3. The molecule has 3 aromatic rings. The lowest BCUT2D eigenvalue weighted by atomic mass is 9.89. The van der Waals surface area contributed by atoms with Crippen molar-refractivity contribution in [3.05, 3.63) is 95.1 Å². The molecular formula is C31H31N5O7. The van der Waals surface area contributed by atoms with Crippen LogP contribution < -0.4 is 5.32 Å². The summed E-state index contributed by atoms with van der Waals surface area (Å²) in [6.07, 6.45) is 2.89. The molecule has 0 spiro atoms. The minimum atomic E-state index is -0.627. The molecule has 3 amide bonds. The number of fused-ring (bicyclic) bond motifs is 1. The van der Waals surface area contributed by atoms with Crippen LogP contribution in [0.1, 0.15) is 48.7 Å². The monoisotopic (exact) mass is 585 g/mol. The summed E-state index contributed by atoms with van der Waals surface area (Å²) < 4.78 is 10.5. The zero-order valence-electron chi connectivity index (χ0n) is 23.7. The zero-order chi connectivity index (χ0) is 30.1. The number of ketones is 2. The van der Waals surface area contributed by atoms with E-state index in [-0.39, 0.29) is 51.6 Å². The molecule has 2 fully saturated rings. The maximum absolute atomic E-state index is 13.8. The number of Topliss-reactive ketones (excluding diaryl/α,β-unsaturated/α-hetero) is 2. The molecule has 2 aromatic heterocycles. The minimum Gasteiger partial charge on any atom is -0.459 e. The van der Waals surface area contributed by atoms with Gasteiger partial charge in [0.25, 0.3) is 11.8 Å². The molecule has 0 saturated carbocycles. The number of piperazine rings is 2. The SMILES string of the molecule is CC(C(=O)NC1=C(N2CCN(C(=O)c3ccco3)CC2)C(=O)c2ccccc2C1=O)N1CCN(C(=O)c2ccco2)CC1. The third-order valence-electron chi connectivity index (χ3n) is 8.22. The van der Waals surface area contributed by atoms with Gasteiger partial charge in [0.05, 0.1) is 18.6 Å². The highest BCUT2D eigenvalue weighted by molar-refractivity contribution is 6.27. The second kappa shape index (κ2) is 11.7. The highest BCUT2D eigenvalue weighted by Crippen LogP contribution is 2.28. The molecule has 0 radical (unpaired) electrons. The number of furan rings is 2. The number of rotatable bonds is 6. The Morgan fingerprint density at radius 2 is 1.21 bits per heavy atom. The number of benzene rings is 1. The summed E-state index contributed by atoms with van der Waals surface area (Å²) in [5, 5.41) is 2.79. The van der Waals surface area contributed by atoms with Crippen LogP contribution >= 0.6 is 0 Å². The summed E-state index contributed by atoms with van der Waals surface area (Å²) >= 11 is 0. The quantitative estimate of drug-likeness (QED) is 0.460. The summed E-state index contributed by atoms with van der Waals surface area (Å²) in [5.41, 5.74) is 0.581. The van der Waals surface area contributed by atoms with Crippen molar-refractivity contribution in [2.75, 3.05) is 52.4 Å². The fourth-order valence-electron chi connectivity index (χ4n) is 5.73. The number of nitrogens with zero attached hydrogens (tertiary/aromatic N) is 4. The molecule has 3 aliphatic rings. The fraction of sp³-hybridized carbons (Fsp3) is 0.323. The van der Waals surface area contributed by atoms with E-state index in [0.717, 1.165) is 0 Å². The molecule has 1 aliphatic carbocycles. The van der Waals surface area contributed by atoms with Crippen molar-refractivity contribution in [3.63, 3.8) is 0 Å². The third kappa shape index (κ3) is 5.37. The van der Waals surface area contributed by atoms with Gasteiger partial charge in [-0.15, -0.1) is 0 Å². The maximum atomic E-state index is 13.8. The average Bonchev–Trinajstić information content (AvgIpc) is 3.79. The first-order valence-electron chi connectivity index (χ1n) is 14.2. The molecule has 12 nitrogen and oxygen atoms in total. The Bertz CT molecular complexity index is 1580. The van der Waals surface area contributed by atoms with Gasteiger partial charge in [0.1, 0.15) is 11.4 Å². The number of hydrogen-bond acceptors (Lipinski definition) is 9. The van der Waals surface area contributed by atoms with Crippen molar-refractivity contribution in [1.29, 1.82) is 0 Å². The van der Waals surface area contributed by atoms with E-state index < -0.39 is 17.7 Å². The summed E-state index contributed by atoms with van der Waals surface area (Å²) in [7, 11) is 0. The summed E-state index contributed by atoms with van der Waals surface area (Å²) in [6.45, 7) is 4.68. The zero-order valence-corrected chi connectivity index (χ0v) is 23.7. The molecule has 4 heterocycles. The highest BCUT2D eigenvalue weighted by Gasteiger charge is 2.39. The van der Waals surface area contributed by atoms with Gasteiger partial charge in [-0.2, -0.15) is 0 Å². The van der Waals surface area contributed by atoms with Crippen LogP contribution in [0.2, 0.25) is 0 Å². The number of carbonyl (C=O) groups is 5. The Morgan fingerprint density at radius 3 is 1.72 bits per heavy atom. The Labute approximate surface area is 247 Å². The molecule has 2 saturated heterocycles. The van der Waals surface area contributed by atoms with Crippen molar-refractivity contribution in [3.8, 4) is 0 Å². The van der Waals surface area contributed by atoms with E-state index in [1.807, 2.05) is 4.90 Å². The van der Waals surface area contributed by atoms with E-state index in [2.05, 4.69) is 5.32 Å². The smallest absolute Gasteiger partial charge is 0.289 e. The first kappa shape index (κ1) is 28.2. The molecule has 222 valence electrons. The topological polar surface area (TPSA) is 137 Å². The Morgan fingerprint density at radius 1 is 0.698 bits per heavy atom. The summed E-state index contributed by atoms with van der Waals surface area (Å²) in [4.78, 5) is 73.4. The number of allylic oxidation sites excluding steroid dienone is 2. The predicted octanol–water partition coefficient (Wildman–Crippen LogP) is 1.88. The lowest BCUT2D eigenvalue weighted by Gasteiger charge is -2.39. The van der Waals surface area contributed by atoms with Crippen molar-refractivity contribution >= 4 is 29.3 Å². The van der Waals surface area contributed by atoms with Crippen LogP contribution in [0.3, 0.4) is 0 Å². The lowest BCUT2D eigenvalue weighted by Crippen LogP contribution is -2.55. The third-order valence-corrected chi connectivity index (χ3v) is 8.22. The van der Waals surface area contributed by atoms with Crippen LogP contribution in [0.5, 0.6) is 0 Å². The Kier molecular flexibility index (Phi) is 7.68. The first-order chi connectivity index (χ1) is 20.8. The second-order valence-corrected chi connectivity index (χ2v) is 10.7. The Balaban J connectivity index is 1.18. The number of amides is 3. The molecule has 1 unspecified atom stereocenters. The largest absolute Gasteiger partial charge is 0.459 e. The lowest BCUT2D eigenvalue weighted by molar-refractivity contribution is -0.125. The molecule has 2 aliphatic heterocycles. The maximum Gasteiger partial charge on any atom is 0.289 e. The normalized spacial score (nSPS) is 18.5. The number of nitrogens with one attached hydrogen (secondary N) is 1. The summed E-state index contributed by atoms with van der Waals surface area (Å²) in [5.74, 6) is -1.16. The molecule has 43 heavy (non-hydrogen) atoms. The minimum absolute atomic E-state index is 0.0574. The van der Waals surface area contributed by atoms with Crippen LogP contribution in [0.4, 0.5) is 0 Å². The van der Waals surface area contributed by atoms with E-state index in [4.69, 9.17) is 8.83 Å². The number of hydrogen-bond donors (Lipinski definition) is 1. The van der Waals surface area contributed by atoms with Gasteiger partial charge >= 0.3 is 0 Å². The molecule has 1 N–H and O–H groups in total. The van der Waals surface area contributed by atoms with E-state index in [9.17, 15) is 24.0 Å². The fourth-order valence-corrected chi connectivity index (χ4v) is 5.73.